The maximum absolute atomic E-state index is 12.2. The molecule has 2 bridgehead atoms. The van der Waals surface area contributed by atoms with Gasteiger partial charge < -0.3 is 10.5 Å². The van der Waals surface area contributed by atoms with E-state index in [-0.39, 0.29) is 0 Å². The highest BCUT2D eigenvalue weighted by atomic mass is 16.5. The molecule has 5 atom stereocenters. The molecule has 1 aliphatic heterocycles. The number of ether oxygens (including phenoxy) is 1. The lowest BCUT2D eigenvalue weighted by Crippen LogP contribution is -2.63. The van der Waals surface area contributed by atoms with Crippen molar-refractivity contribution in [1.29, 1.82) is 0 Å². The molecule has 3 aliphatic rings. The molecule has 0 radical (unpaired) electrons. The Hall–Kier alpha value is -2.24. The van der Waals surface area contributed by atoms with Crippen LogP contribution in [0.1, 0.15) is 59.6 Å². The van der Waals surface area contributed by atoms with Crippen LogP contribution in [0.5, 0.6) is 0 Å². The summed E-state index contributed by atoms with van der Waals surface area (Å²) in [6.45, 7) is 2.01. The fraction of sp³-hybridized carbons (Fsp3) is 0.520. The molecule has 1 amide bonds. The Morgan fingerprint density at radius 3 is 2.40 bits per heavy atom. The summed E-state index contributed by atoms with van der Waals surface area (Å²) in [5, 5.41) is 0. The molecule has 1 unspecified atom stereocenters. The zero-order chi connectivity index (χ0) is 20.7. The van der Waals surface area contributed by atoms with Gasteiger partial charge in [0.1, 0.15) is 11.3 Å². The predicted octanol–water partition coefficient (Wildman–Crippen LogP) is 3.70. The minimum absolute atomic E-state index is 0.342. The van der Waals surface area contributed by atoms with E-state index >= 15 is 0 Å². The van der Waals surface area contributed by atoms with Crippen LogP contribution in [0.3, 0.4) is 0 Å². The highest BCUT2D eigenvalue weighted by Crippen LogP contribution is 2.54. The van der Waals surface area contributed by atoms with E-state index in [1.807, 2.05) is 12.1 Å². The number of amides is 1. The molecule has 0 spiro atoms. The lowest BCUT2D eigenvalue weighted by atomic mass is 9.61. The molecule has 5 rings (SSSR count). The molecular weight excluding hydrogens is 374 g/mol. The summed E-state index contributed by atoms with van der Waals surface area (Å²) in [4.78, 5) is 19.2. The van der Waals surface area contributed by atoms with Crippen LogP contribution in [-0.2, 0) is 10.3 Å². The van der Waals surface area contributed by atoms with Crippen LogP contribution in [-0.4, -0.2) is 42.0 Å². The van der Waals surface area contributed by atoms with Gasteiger partial charge in [0.15, 0.2) is 0 Å². The van der Waals surface area contributed by atoms with E-state index in [2.05, 4.69) is 40.2 Å². The normalized spacial score (nSPS) is 33.6. The lowest BCUT2D eigenvalue weighted by Gasteiger charge is -2.59. The molecule has 3 fully saturated rings. The number of carbonyl (C=O) groups is 1. The van der Waals surface area contributed by atoms with Crippen molar-refractivity contribution in [2.24, 2.45) is 17.6 Å². The Kier molecular flexibility index (Phi) is 5.11. The van der Waals surface area contributed by atoms with Gasteiger partial charge in [-0.1, -0.05) is 42.8 Å². The number of fused-ring (bicyclic) bond motifs is 2. The summed E-state index contributed by atoms with van der Waals surface area (Å²) in [6, 6.07) is 15.5. The first-order valence-electron chi connectivity index (χ1n) is 11.2. The first-order chi connectivity index (χ1) is 14.6. The monoisotopic (exact) mass is 405 g/mol. The van der Waals surface area contributed by atoms with Crippen LogP contribution in [0.4, 0.5) is 0 Å². The van der Waals surface area contributed by atoms with Crippen molar-refractivity contribution in [3.05, 3.63) is 65.5 Å². The van der Waals surface area contributed by atoms with Gasteiger partial charge in [0.2, 0.25) is 0 Å². The number of likely N-dealkylation sites (tertiary alicyclic amines) is 1. The standard InChI is InChI=1S/C25H31N3O2/c1-30-25(21-11-6-14-27-23(21)24(26)29)18-9-5-10-19(25)16-28(15-18)22-13-12-20(22)17-7-3-2-4-8-17/h2-4,6-8,11,14,18-20,22H,5,9-10,12-13,15-16H2,1H3,(H2,26,29)/t18-,19+,20-,22-,25?/m0/s1. The maximum atomic E-state index is 12.2. The van der Waals surface area contributed by atoms with Crippen LogP contribution in [0.25, 0.3) is 0 Å². The zero-order valence-electron chi connectivity index (χ0n) is 17.7. The number of hydrogen-bond donors (Lipinski definition) is 1. The van der Waals surface area contributed by atoms with E-state index in [9.17, 15) is 4.79 Å². The number of carbonyl (C=O) groups excluding carboxylic acids is 1. The van der Waals surface area contributed by atoms with Gasteiger partial charge >= 0.3 is 0 Å². The van der Waals surface area contributed by atoms with Crippen molar-refractivity contribution in [2.75, 3.05) is 20.2 Å². The van der Waals surface area contributed by atoms with Crippen LogP contribution in [0.15, 0.2) is 48.7 Å². The topological polar surface area (TPSA) is 68.5 Å². The molecule has 158 valence electrons. The van der Waals surface area contributed by atoms with Gasteiger partial charge in [-0.05, 0) is 43.2 Å². The Balaban J connectivity index is 1.46. The number of rotatable bonds is 5. The maximum Gasteiger partial charge on any atom is 0.267 e. The van der Waals surface area contributed by atoms with Gasteiger partial charge in [-0.3, -0.25) is 14.7 Å². The van der Waals surface area contributed by atoms with E-state index in [1.54, 1.807) is 13.3 Å². The number of pyridine rings is 1. The first kappa shape index (κ1) is 19.7. The van der Waals surface area contributed by atoms with Crippen molar-refractivity contribution in [3.63, 3.8) is 0 Å². The van der Waals surface area contributed by atoms with E-state index in [0.29, 0.717) is 29.5 Å². The van der Waals surface area contributed by atoms with Crippen LogP contribution >= 0.6 is 0 Å². The minimum atomic E-state index is -0.473. The van der Waals surface area contributed by atoms with Crippen molar-refractivity contribution in [2.45, 2.75) is 49.7 Å². The number of methoxy groups -OCH3 is 1. The Labute approximate surface area is 178 Å². The van der Waals surface area contributed by atoms with Gasteiger partial charge in [0.25, 0.3) is 5.91 Å². The third kappa shape index (κ3) is 2.98. The molecule has 30 heavy (non-hydrogen) atoms. The van der Waals surface area contributed by atoms with Crippen LogP contribution in [0, 0.1) is 11.8 Å². The van der Waals surface area contributed by atoms with Crippen molar-refractivity contribution >= 4 is 5.91 Å². The minimum Gasteiger partial charge on any atom is -0.373 e. The third-order valence-electron chi connectivity index (χ3n) is 7.96. The molecule has 1 aromatic carbocycles. The summed E-state index contributed by atoms with van der Waals surface area (Å²) in [5.74, 6) is 0.843. The van der Waals surface area contributed by atoms with Crippen LogP contribution < -0.4 is 5.73 Å². The first-order valence-corrected chi connectivity index (χ1v) is 11.2. The van der Waals surface area contributed by atoms with Gasteiger partial charge in [-0.15, -0.1) is 0 Å². The fourth-order valence-electron chi connectivity index (χ4n) is 6.55. The number of hydrogen-bond acceptors (Lipinski definition) is 4. The third-order valence-corrected chi connectivity index (χ3v) is 7.96. The Bertz CT molecular complexity index is 902. The molecule has 2 heterocycles. The second kappa shape index (κ2) is 7.78. The lowest BCUT2D eigenvalue weighted by molar-refractivity contribution is -0.179. The molecule has 1 aromatic heterocycles. The quantitative estimate of drug-likeness (QED) is 0.824. The summed E-state index contributed by atoms with van der Waals surface area (Å²) in [5.41, 5.74) is 7.96. The van der Waals surface area contributed by atoms with E-state index in [0.717, 1.165) is 31.5 Å². The molecule has 2 saturated carbocycles. The van der Waals surface area contributed by atoms with Crippen molar-refractivity contribution in [1.82, 2.24) is 9.88 Å². The number of aromatic nitrogens is 1. The highest BCUT2D eigenvalue weighted by Gasteiger charge is 2.56. The summed E-state index contributed by atoms with van der Waals surface area (Å²) < 4.78 is 6.34. The van der Waals surface area contributed by atoms with E-state index in [1.165, 1.54) is 24.8 Å². The molecule has 2 aromatic rings. The average Bonchev–Trinajstić information content (AvgIpc) is 2.73. The highest BCUT2D eigenvalue weighted by molar-refractivity contribution is 5.92. The number of benzene rings is 1. The van der Waals surface area contributed by atoms with Gasteiger partial charge in [-0.25, -0.2) is 0 Å². The molecular formula is C25H31N3O2. The molecule has 5 nitrogen and oxygen atoms in total. The Morgan fingerprint density at radius 1 is 1.07 bits per heavy atom. The zero-order valence-corrected chi connectivity index (χ0v) is 17.7. The second-order valence-corrected chi connectivity index (χ2v) is 9.20. The predicted molar refractivity (Wildman–Crippen MR) is 116 cm³/mol. The van der Waals surface area contributed by atoms with Crippen molar-refractivity contribution in [3.8, 4) is 0 Å². The summed E-state index contributed by atoms with van der Waals surface area (Å²) in [7, 11) is 1.80. The number of nitrogens with zero attached hydrogens (tertiary/aromatic N) is 2. The van der Waals surface area contributed by atoms with Gasteiger partial charge in [0.05, 0.1) is 0 Å². The molecule has 2 aliphatic carbocycles. The van der Waals surface area contributed by atoms with Gasteiger partial charge in [-0.2, -0.15) is 0 Å². The van der Waals surface area contributed by atoms with Crippen LogP contribution in [0.2, 0.25) is 0 Å². The second-order valence-electron chi connectivity index (χ2n) is 9.20. The fourth-order valence-corrected chi connectivity index (χ4v) is 6.55. The van der Waals surface area contributed by atoms with E-state index < -0.39 is 11.5 Å². The smallest absolute Gasteiger partial charge is 0.267 e. The largest absolute Gasteiger partial charge is 0.373 e. The number of primary amides is 1. The van der Waals surface area contributed by atoms with Gasteiger partial charge in [0, 0.05) is 49.8 Å². The number of piperidine rings is 1. The van der Waals surface area contributed by atoms with E-state index in [4.69, 9.17) is 10.5 Å². The SMILES string of the molecule is COC1(c2cccnc2C(N)=O)[C@@H]2CCC[C@H]1CN([C@H]1CC[C@H]1c1ccccc1)C2. The average molecular weight is 406 g/mol. The molecule has 5 heteroatoms. The molecule has 1 saturated heterocycles. The number of nitrogens with two attached hydrogens (primary N) is 1. The Morgan fingerprint density at radius 2 is 1.80 bits per heavy atom. The molecule has 2 N–H and O–H groups in total. The van der Waals surface area contributed by atoms with Crippen molar-refractivity contribution < 1.29 is 9.53 Å². The summed E-state index contributed by atoms with van der Waals surface area (Å²) in [6.07, 6.45) is 7.61. The summed E-state index contributed by atoms with van der Waals surface area (Å²) >= 11 is 0.